The smallest absolute Gasteiger partial charge is 0.305 e. The summed E-state index contributed by atoms with van der Waals surface area (Å²) in [4.78, 5) is 43.5. The standard InChI is InChI=1S/C24H37FN4O5/c25-9-14-34-24(8-2-10-27-17-24)20(15-22(31)32)28-23(33)19-3-1-13-29(16-19)21(30)5-4-18-6-11-26-12-7-18/h2,8,10,18-20,26H,1,3-7,9,11-17H2,(H,28,33)(H,31,32)/t19-,20+,24?/m1/s1/i25-1. The van der Waals surface area contributed by atoms with E-state index in [4.69, 9.17) is 4.74 Å². The first-order valence-corrected chi connectivity index (χ1v) is 12.3. The highest BCUT2D eigenvalue weighted by Crippen LogP contribution is 2.26. The molecule has 0 aromatic rings. The molecule has 3 atom stereocenters. The number of hydrogen-bond acceptors (Lipinski definition) is 6. The number of amides is 2. The van der Waals surface area contributed by atoms with Gasteiger partial charge in [0.1, 0.15) is 12.3 Å². The molecule has 3 aliphatic heterocycles. The maximum Gasteiger partial charge on any atom is 0.305 e. The van der Waals surface area contributed by atoms with Crippen LogP contribution in [0.3, 0.4) is 0 Å². The van der Waals surface area contributed by atoms with Crippen molar-refractivity contribution in [3.63, 3.8) is 0 Å². The summed E-state index contributed by atoms with van der Waals surface area (Å²) in [5, 5.41) is 15.6. The van der Waals surface area contributed by atoms with E-state index < -0.39 is 30.2 Å². The third-order valence-corrected chi connectivity index (χ3v) is 7.01. The maximum atomic E-state index is 13.2. The monoisotopic (exact) mass is 479 g/mol. The molecule has 0 aliphatic carbocycles. The molecule has 190 valence electrons. The Hall–Kier alpha value is -2.33. The zero-order chi connectivity index (χ0) is 24.4. The zero-order valence-electron chi connectivity index (χ0n) is 19.7. The van der Waals surface area contributed by atoms with Gasteiger partial charge >= 0.3 is 5.97 Å². The summed E-state index contributed by atoms with van der Waals surface area (Å²) < 4.78 is 18.6. The van der Waals surface area contributed by atoms with Gasteiger partial charge in [-0.3, -0.25) is 19.4 Å². The summed E-state index contributed by atoms with van der Waals surface area (Å²) in [6, 6.07) is -0.913. The zero-order valence-corrected chi connectivity index (χ0v) is 19.7. The number of nitrogens with one attached hydrogen (secondary N) is 2. The number of nitrogens with zero attached hydrogens (tertiary/aromatic N) is 2. The number of hydrogen-bond donors (Lipinski definition) is 3. The van der Waals surface area contributed by atoms with Crippen molar-refractivity contribution in [2.45, 2.75) is 56.6 Å². The molecule has 1 unspecified atom stereocenters. The van der Waals surface area contributed by atoms with Crippen molar-refractivity contribution in [2.24, 2.45) is 16.8 Å². The molecule has 0 bridgehead atoms. The van der Waals surface area contributed by atoms with Crippen LogP contribution < -0.4 is 10.6 Å². The highest BCUT2D eigenvalue weighted by atomic mass is 18.2. The molecule has 10 heteroatoms. The molecule has 0 aromatic carbocycles. The Labute approximate surface area is 200 Å². The largest absolute Gasteiger partial charge is 0.481 e. The normalized spacial score (nSPS) is 26.3. The minimum Gasteiger partial charge on any atom is -0.481 e. The number of ether oxygens (including phenoxy) is 1. The van der Waals surface area contributed by atoms with E-state index in [0.29, 0.717) is 38.3 Å². The van der Waals surface area contributed by atoms with E-state index >= 15 is 0 Å². The first-order valence-electron chi connectivity index (χ1n) is 12.3. The van der Waals surface area contributed by atoms with Gasteiger partial charge in [-0.25, -0.2) is 4.39 Å². The molecule has 0 radical (unpaired) electrons. The molecule has 0 aromatic heterocycles. The van der Waals surface area contributed by atoms with Crippen molar-refractivity contribution in [3.05, 3.63) is 12.2 Å². The molecule has 2 amide bonds. The van der Waals surface area contributed by atoms with Crippen molar-refractivity contribution >= 4 is 24.0 Å². The van der Waals surface area contributed by atoms with Crippen molar-refractivity contribution in [2.75, 3.05) is 46.0 Å². The number of aliphatic carboxylic acids is 1. The van der Waals surface area contributed by atoms with Crippen LogP contribution in [-0.4, -0.2) is 91.7 Å². The van der Waals surface area contributed by atoms with Gasteiger partial charge in [-0.2, -0.15) is 0 Å². The topological polar surface area (TPSA) is 120 Å². The summed E-state index contributed by atoms with van der Waals surface area (Å²) in [5.41, 5.74) is -1.23. The molecular weight excluding hydrogens is 442 g/mol. The number of alkyl halides is 1. The maximum absolute atomic E-state index is 13.2. The fourth-order valence-corrected chi connectivity index (χ4v) is 5.05. The highest BCUT2D eigenvalue weighted by molar-refractivity contribution is 5.82. The van der Waals surface area contributed by atoms with Crippen molar-refractivity contribution in [1.29, 1.82) is 0 Å². The average molecular weight is 480 g/mol. The van der Waals surface area contributed by atoms with Gasteiger partial charge in [0, 0.05) is 25.7 Å². The molecular formula is C24H37FN4O5. The number of likely N-dealkylation sites (tertiary alicyclic amines) is 1. The number of dihydropyridines is 1. The Kier molecular flexibility index (Phi) is 10.0. The molecule has 34 heavy (non-hydrogen) atoms. The fraction of sp³-hybridized carbons (Fsp3) is 0.750. The van der Waals surface area contributed by atoms with Crippen molar-refractivity contribution in [3.8, 4) is 0 Å². The minimum absolute atomic E-state index is 0.0745. The second-order valence-corrected chi connectivity index (χ2v) is 9.41. The van der Waals surface area contributed by atoms with Gasteiger partial charge in [-0.05, 0) is 63.3 Å². The second kappa shape index (κ2) is 12.9. The van der Waals surface area contributed by atoms with Crippen molar-refractivity contribution in [1.82, 2.24) is 15.5 Å². The van der Waals surface area contributed by atoms with Gasteiger partial charge in [0.2, 0.25) is 11.8 Å². The van der Waals surface area contributed by atoms with Crippen LogP contribution >= 0.6 is 0 Å². The second-order valence-electron chi connectivity index (χ2n) is 9.41. The lowest BCUT2D eigenvalue weighted by Gasteiger charge is -2.39. The van der Waals surface area contributed by atoms with Crippen LogP contribution in [0.25, 0.3) is 0 Å². The van der Waals surface area contributed by atoms with Crippen LogP contribution in [0.2, 0.25) is 0 Å². The van der Waals surface area contributed by atoms with Crippen LogP contribution in [0.4, 0.5) is 4.39 Å². The van der Waals surface area contributed by atoms with Gasteiger partial charge in [0.15, 0.2) is 0 Å². The Morgan fingerprint density at radius 3 is 2.76 bits per heavy atom. The number of halogens is 1. The first-order chi connectivity index (χ1) is 16.4. The third kappa shape index (κ3) is 7.33. The third-order valence-electron chi connectivity index (χ3n) is 7.01. The molecule has 0 saturated carbocycles. The first kappa shape index (κ1) is 26.3. The van der Waals surface area contributed by atoms with Crippen molar-refractivity contribution < 1.29 is 28.6 Å². The van der Waals surface area contributed by atoms with Crippen LogP contribution in [0.1, 0.15) is 44.9 Å². The Morgan fingerprint density at radius 2 is 2.09 bits per heavy atom. The number of rotatable bonds is 11. The van der Waals surface area contributed by atoms with Crippen LogP contribution in [0.15, 0.2) is 17.1 Å². The van der Waals surface area contributed by atoms with E-state index in [9.17, 15) is 23.9 Å². The quantitative estimate of drug-likeness (QED) is 0.411. The lowest BCUT2D eigenvalue weighted by Crippen LogP contribution is -2.58. The van der Waals surface area contributed by atoms with Crippen LogP contribution in [0.5, 0.6) is 0 Å². The highest BCUT2D eigenvalue weighted by Gasteiger charge is 2.42. The number of aliphatic imine (C=N–C) groups is 1. The van der Waals surface area contributed by atoms with Gasteiger partial charge < -0.3 is 25.4 Å². The average Bonchev–Trinajstić information content (AvgIpc) is 2.86. The molecule has 3 heterocycles. The SMILES string of the molecule is O=C(O)C[C@H](NC(=O)[C@@H]1CCCN(C(=O)CCC2CCNCC2)C1)C1(OCC[18F])C=CC=NC1. The molecule has 9 nitrogen and oxygen atoms in total. The number of carbonyl (C=O) groups excluding carboxylic acids is 2. The van der Waals surface area contributed by atoms with Gasteiger partial charge in [0.25, 0.3) is 0 Å². The molecule has 3 N–H and O–H groups in total. The lowest BCUT2D eigenvalue weighted by atomic mass is 9.88. The summed E-state index contributed by atoms with van der Waals surface area (Å²) in [5.74, 6) is -1.20. The predicted octanol–water partition coefficient (Wildman–Crippen LogP) is 1.33. The van der Waals surface area contributed by atoms with E-state index in [2.05, 4.69) is 15.6 Å². The van der Waals surface area contributed by atoms with E-state index in [1.54, 1.807) is 23.3 Å². The number of allylic oxidation sites excluding steroid dienone is 1. The molecule has 3 aliphatic rings. The van der Waals surface area contributed by atoms with Gasteiger partial charge in [-0.15, -0.1) is 0 Å². The van der Waals surface area contributed by atoms with Gasteiger partial charge in [0.05, 0.1) is 31.5 Å². The summed E-state index contributed by atoms with van der Waals surface area (Å²) in [6.07, 6.45) is 9.31. The van der Waals surface area contributed by atoms with E-state index in [-0.39, 0.29) is 31.4 Å². The van der Waals surface area contributed by atoms with Crippen LogP contribution in [0, 0.1) is 11.8 Å². The summed E-state index contributed by atoms with van der Waals surface area (Å²) in [7, 11) is 0. The summed E-state index contributed by atoms with van der Waals surface area (Å²) >= 11 is 0. The molecule has 0 spiro atoms. The van der Waals surface area contributed by atoms with E-state index in [0.717, 1.165) is 32.4 Å². The lowest BCUT2D eigenvalue weighted by molar-refractivity contribution is -0.141. The van der Waals surface area contributed by atoms with E-state index in [1.807, 2.05) is 0 Å². The number of carboxylic acid groups (broad SMARTS) is 1. The number of carbonyl (C=O) groups is 3. The number of piperidine rings is 2. The minimum atomic E-state index is -1.23. The predicted molar refractivity (Wildman–Crippen MR) is 125 cm³/mol. The summed E-state index contributed by atoms with van der Waals surface area (Å²) in [6.45, 7) is 2.09. The number of carboxylic acids is 1. The van der Waals surface area contributed by atoms with Gasteiger partial charge in [-0.1, -0.05) is 0 Å². The Balaban J connectivity index is 1.60. The van der Waals surface area contributed by atoms with E-state index in [1.165, 1.54) is 0 Å². The Bertz CT molecular complexity index is 770. The molecule has 2 fully saturated rings. The Morgan fingerprint density at radius 1 is 1.29 bits per heavy atom. The molecule has 3 rings (SSSR count). The molecule has 2 saturated heterocycles. The fourth-order valence-electron chi connectivity index (χ4n) is 5.05. The van der Waals surface area contributed by atoms with Crippen LogP contribution in [-0.2, 0) is 19.1 Å².